The summed E-state index contributed by atoms with van der Waals surface area (Å²) >= 11 is 0. The largest absolute Gasteiger partial charge is 0.319 e. The number of hydrogen-bond donors (Lipinski definition) is 1. The molecule has 0 aliphatic heterocycles. The molecule has 0 saturated heterocycles. The molecule has 70 valence electrons. The van der Waals surface area contributed by atoms with Crippen molar-refractivity contribution >= 4 is 0 Å². The van der Waals surface area contributed by atoms with Gasteiger partial charge in [-0.25, -0.2) is 9.97 Å². The van der Waals surface area contributed by atoms with Gasteiger partial charge in [-0.15, -0.1) is 0 Å². The van der Waals surface area contributed by atoms with Crippen molar-refractivity contribution < 1.29 is 0 Å². The third-order valence-electron chi connectivity index (χ3n) is 2.64. The Labute approximate surface area is 78.6 Å². The van der Waals surface area contributed by atoms with Gasteiger partial charge < -0.3 is 5.32 Å². The zero-order chi connectivity index (χ0) is 9.31. The van der Waals surface area contributed by atoms with Crippen molar-refractivity contribution in [2.45, 2.75) is 25.2 Å². The Balaban J connectivity index is 2.25. The van der Waals surface area contributed by atoms with Crippen LogP contribution in [0.3, 0.4) is 0 Å². The van der Waals surface area contributed by atoms with Gasteiger partial charge >= 0.3 is 0 Å². The van der Waals surface area contributed by atoms with E-state index in [1.54, 1.807) is 0 Å². The van der Waals surface area contributed by atoms with Crippen molar-refractivity contribution in [1.29, 1.82) is 0 Å². The van der Waals surface area contributed by atoms with Gasteiger partial charge in [-0.05, 0) is 32.9 Å². The average Bonchev–Trinajstić information content (AvgIpc) is 2.86. The third kappa shape index (κ3) is 1.56. The van der Waals surface area contributed by atoms with Crippen LogP contribution in [0, 0.1) is 6.92 Å². The maximum absolute atomic E-state index is 4.47. The highest BCUT2D eigenvalue weighted by Gasteiger charge is 2.46. The molecule has 1 aromatic rings. The molecule has 1 saturated carbocycles. The predicted octanol–water partition coefficient (Wildman–Crippen LogP) is 1.04. The lowest BCUT2D eigenvalue weighted by Gasteiger charge is -2.12. The quantitative estimate of drug-likeness (QED) is 0.749. The summed E-state index contributed by atoms with van der Waals surface area (Å²) in [5, 5.41) is 3.21. The van der Waals surface area contributed by atoms with Crippen molar-refractivity contribution in [2.75, 3.05) is 13.6 Å². The van der Waals surface area contributed by atoms with Crippen LogP contribution in [0.25, 0.3) is 0 Å². The van der Waals surface area contributed by atoms with E-state index in [-0.39, 0.29) is 5.41 Å². The normalized spacial score (nSPS) is 18.6. The second-order valence-electron chi connectivity index (χ2n) is 3.83. The lowest BCUT2D eigenvalue weighted by Crippen LogP contribution is -2.25. The monoisotopic (exact) mass is 177 g/mol. The Hall–Kier alpha value is -0.960. The fourth-order valence-electron chi connectivity index (χ4n) is 1.67. The van der Waals surface area contributed by atoms with E-state index in [1.807, 2.05) is 26.2 Å². The fourth-order valence-corrected chi connectivity index (χ4v) is 1.67. The molecule has 0 spiro atoms. The summed E-state index contributed by atoms with van der Waals surface area (Å²) in [7, 11) is 1.98. The number of likely N-dealkylation sites (N-methyl/N-ethyl adjacent to an activating group) is 1. The van der Waals surface area contributed by atoms with E-state index in [4.69, 9.17) is 0 Å². The second kappa shape index (κ2) is 3.07. The van der Waals surface area contributed by atoms with Gasteiger partial charge in [0.15, 0.2) is 0 Å². The Bertz CT molecular complexity index is 305. The van der Waals surface area contributed by atoms with Crippen LogP contribution >= 0.6 is 0 Å². The Morgan fingerprint density at radius 1 is 1.54 bits per heavy atom. The highest BCUT2D eigenvalue weighted by molar-refractivity contribution is 5.20. The molecule has 0 unspecified atom stereocenters. The molecule has 1 aliphatic rings. The molecule has 1 N–H and O–H groups in total. The first-order chi connectivity index (χ1) is 6.27. The molecule has 0 radical (unpaired) electrons. The van der Waals surface area contributed by atoms with Crippen LogP contribution in [0.4, 0.5) is 0 Å². The van der Waals surface area contributed by atoms with E-state index in [1.165, 1.54) is 12.8 Å². The summed E-state index contributed by atoms with van der Waals surface area (Å²) in [5.41, 5.74) is 1.31. The van der Waals surface area contributed by atoms with E-state index >= 15 is 0 Å². The molecule has 13 heavy (non-hydrogen) atoms. The molecule has 0 amide bonds. The zero-order valence-corrected chi connectivity index (χ0v) is 8.17. The number of aromatic nitrogens is 2. The molecule has 1 fully saturated rings. The lowest BCUT2D eigenvalue weighted by atomic mass is 10.1. The van der Waals surface area contributed by atoms with Crippen molar-refractivity contribution in [3.8, 4) is 0 Å². The van der Waals surface area contributed by atoms with Crippen molar-refractivity contribution in [3.63, 3.8) is 0 Å². The molecule has 2 rings (SSSR count). The van der Waals surface area contributed by atoms with Gasteiger partial charge in [-0.3, -0.25) is 0 Å². The third-order valence-corrected chi connectivity index (χ3v) is 2.64. The van der Waals surface area contributed by atoms with Crippen molar-refractivity contribution in [3.05, 3.63) is 23.8 Å². The molecule has 0 bridgehead atoms. The van der Waals surface area contributed by atoms with Gasteiger partial charge in [0.25, 0.3) is 0 Å². The number of aryl methyl sites for hydroxylation is 1. The number of rotatable bonds is 3. The van der Waals surface area contributed by atoms with Gasteiger partial charge in [0.2, 0.25) is 0 Å². The van der Waals surface area contributed by atoms with E-state index in [9.17, 15) is 0 Å². The molecular formula is C10H15N3. The van der Waals surface area contributed by atoms with E-state index in [0.717, 1.165) is 18.1 Å². The van der Waals surface area contributed by atoms with Crippen molar-refractivity contribution in [1.82, 2.24) is 15.3 Å². The van der Waals surface area contributed by atoms with Gasteiger partial charge in [0.05, 0.1) is 0 Å². The van der Waals surface area contributed by atoms with Crippen molar-refractivity contribution in [2.24, 2.45) is 0 Å². The van der Waals surface area contributed by atoms with Crippen LogP contribution in [0.15, 0.2) is 12.3 Å². The standard InChI is InChI=1S/C10H15N3/c1-8-3-6-12-9(13-8)10(4-5-10)7-11-2/h3,6,11H,4-5,7H2,1-2H3. The summed E-state index contributed by atoms with van der Waals surface area (Å²) in [6.07, 6.45) is 4.29. The van der Waals surface area contributed by atoms with E-state index in [2.05, 4.69) is 15.3 Å². The smallest absolute Gasteiger partial charge is 0.135 e. The first kappa shape index (κ1) is 8.63. The molecule has 0 aromatic carbocycles. The topological polar surface area (TPSA) is 37.8 Å². The van der Waals surface area contributed by atoms with Gasteiger partial charge in [0, 0.05) is 23.9 Å². The van der Waals surface area contributed by atoms with Gasteiger partial charge in [-0.1, -0.05) is 0 Å². The molecule has 1 heterocycles. The summed E-state index contributed by atoms with van der Waals surface area (Å²) in [6, 6.07) is 1.94. The summed E-state index contributed by atoms with van der Waals surface area (Å²) in [5.74, 6) is 1.02. The predicted molar refractivity (Wildman–Crippen MR) is 51.6 cm³/mol. The SMILES string of the molecule is CNCC1(c2nccc(C)n2)CC1. The minimum Gasteiger partial charge on any atom is -0.319 e. The van der Waals surface area contributed by atoms with Crippen LogP contribution in [-0.4, -0.2) is 23.6 Å². The fraction of sp³-hybridized carbons (Fsp3) is 0.600. The molecule has 0 atom stereocenters. The highest BCUT2D eigenvalue weighted by Crippen LogP contribution is 2.45. The number of nitrogens with zero attached hydrogens (tertiary/aromatic N) is 2. The maximum Gasteiger partial charge on any atom is 0.135 e. The molecule has 1 aliphatic carbocycles. The summed E-state index contributed by atoms with van der Waals surface area (Å²) in [4.78, 5) is 8.82. The summed E-state index contributed by atoms with van der Waals surface area (Å²) in [6.45, 7) is 3.01. The lowest BCUT2D eigenvalue weighted by molar-refractivity contribution is 0.585. The van der Waals surface area contributed by atoms with Crippen LogP contribution in [0.2, 0.25) is 0 Å². The van der Waals surface area contributed by atoms with E-state index in [0.29, 0.717) is 0 Å². The minimum absolute atomic E-state index is 0.251. The Kier molecular flexibility index (Phi) is 2.04. The average molecular weight is 177 g/mol. The van der Waals surface area contributed by atoms with Gasteiger partial charge in [-0.2, -0.15) is 0 Å². The second-order valence-corrected chi connectivity index (χ2v) is 3.83. The number of nitrogens with one attached hydrogen (secondary N) is 1. The Morgan fingerprint density at radius 3 is 2.85 bits per heavy atom. The molecule has 3 nitrogen and oxygen atoms in total. The first-order valence-corrected chi connectivity index (χ1v) is 4.72. The maximum atomic E-state index is 4.47. The molecular weight excluding hydrogens is 162 g/mol. The van der Waals surface area contributed by atoms with E-state index < -0.39 is 0 Å². The number of hydrogen-bond acceptors (Lipinski definition) is 3. The zero-order valence-electron chi connectivity index (χ0n) is 8.17. The molecule has 1 aromatic heterocycles. The van der Waals surface area contributed by atoms with Crippen LogP contribution in [0.1, 0.15) is 24.4 Å². The minimum atomic E-state index is 0.251. The molecule has 3 heteroatoms. The van der Waals surface area contributed by atoms with Crippen LogP contribution < -0.4 is 5.32 Å². The van der Waals surface area contributed by atoms with Crippen LogP contribution in [-0.2, 0) is 5.41 Å². The van der Waals surface area contributed by atoms with Crippen LogP contribution in [0.5, 0.6) is 0 Å². The first-order valence-electron chi connectivity index (χ1n) is 4.72. The van der Waals surface area contributed by atoms with Gasteiger partial charge in [0.1, 0.15) is 5.82 Å². The highest BCUT2D eigenvalue weighted by atomic mass is 15.0. The Morgan fingerprint density at radius 2 is 2.31 bits per heavy atom. The summed E-state index contributed by atoms with van der Waals surface area (Å²) < 4.78 is 0.